The molecule has 0 spiro atoms. The van der Waals surface area contributed by atoms with Gasteiger partial charge in [0.05, 0.1) is 12.1 Å². The smallest absolute Gasteiger partial charge is 0.252 e. The monoisotopic (exact) mass is 444 g/mol. The number of fused-ring (bicyclic) bond motifs is 1. The molecule has 0 aliphatic carbocycles. The number of sulfonamides is 1. The molecule has 4 rings (SSSR count). The van der Waals surface area contributed by atoms with E-state index in [1.807, 2.05) is 18.3 Å². The van der Waals surface area contributed by atoms with Crippen LogP contribution in [0.4, 0.5) is 0 Å². The van der Waals surface area contributed by atoms with Crippen molar-refractivity contribution in [3.63, 3.8) is 0 Å². The van der Waals surface area contributed by atoms with Gasteiger partial charge in [-0.3, -0.25) is 14.7 Å². The summed E-state index contributed by atoms with van der Waals surface area (Å²) in [5.74, 6) is -0.163. The van der Waals surface area contributed by atoms with Crippen LogP contribution < -0.4 is 0 Å². The molecule has 0 bridgehead atoms. The van der Waals surface area contributed by atoms with E-state index in [0.29, 0.717) is 13.1 Å². The molecule has 9 heteroatoms. The SMILES string of the molecule is CN(CC(=O)N1CCN(Cc2cccc3cccnc23)CC1)S(=O)(=O)c1cccs1. The van der Waals surface area contributed by atoms with E-state index in [-0.39, 0.29) is 16.7 Å². The normalized spacial score (nSPS) is 15.7. The summed E-state index contributed by atoms with van der Waals surface area (Å²) < 4.78 is 26.4. The van der Waals surface area contributed by atoms with Crippen LogP contribution in [0.25, 0.3) is 10.9 Å². The lowest BCUT2D eigenvalue weighted by molar-refractivity contribution is -0.133. The van der Waals surface area contributed by atoms with Gasteiger partial charge in [0.25, 0.3) is 10.0 Å². The van der Waals surface area contributed by atoms with Gasteiger partial charge < -0.3 is 4.90 Å². The van der Waals surface area contributed by atoms with Crippen LogP contribution >= 0.6 is 11.3 Å². The predicted octanol–water partition coefficient (Wildman–Crippen LogP) is 2.26. The van der Waals surface area contributed by atoms with Gasteiger partial charge in [0, 0.05) is 51.4 Å². The van der Waals surface area contributed by atoms with Gasteiger partial charge in [0.15, 0.2) is 0 Å². The van der Waals surface area contributed by atoms with Crippen molar-refractivity contribution in [2.45, 2.75) is 10.8 Å². The number of likely N-dealkylation sites (N-methyl/N-ethyl adjacent to an activating group) is 1. The van der Waals surface area contributed by atoms with Crippen LogP contribution in [0.15, 0.2) is 58.3 Å². The average molecular weight is 445 g/mol. The van der Waals surface area contributed by atoms with E-state index in [2.05, 4.69) is 28.1 Å². The minimum atomic E-state index is -3.61. The number of carbonyl (C=O) groups is 1. The fourth-order valence-electron chi connectivity index (χ4n) is 3.63. The number of amides is 1. The number of thiophene rings is 1. The van der Waals surface area contributed by atoms with Crippen molar-refractivity contribution in [1.82, 2.24) is 19.1 Å². The van der Waals surface area contributed by atoms with Crippen LogP contribution in [-0.4, -0.2) is 73.2 Å². The molecule has 0 saturated carbocycles. The fourth-order valence-corrected chi connectivity index (χ4v) is 5.95. The molecule has 1 aromatic carbocycles. The lowest BCUT2D eigenvalue weighted by atomic mass is 10.1. The Morgan fingerprint density at radius 2 is 1.87 bits per heavy atom. The molecule has 1 amide bonds. The summed E-state index contributed by atoms with van der Waals surface area (Å²) in [6.45, 7) is 3.30. The first-order valence-electron chi connectivity index (χ1n) is 9.78. The number of nitrogens with zero attached hydrogens (tertiary/aromatic N) is 4. The number of carbonyl (C=O) groups excluding carboxylic acids is 1. The van der Waals surface area contributed by atoms with Gasteiger partial charge in [0.1, 0.15) is 4.21 Å². The first-order valence-corrected chi connectivity index (χ1v) is 12.1. The van der Waals surface area contributed by atoms with Gasteiger partial charge >= 0.3 is 0 Å². The van der Waals surface area contributed by atoms with Crippen LogP contribution in [-0.2, 0) is 21.4 Å². The lowest BCUT2D eigenvalue weighted by Crippen LogP contribution is -2.51. The summed E-state index contributed by atoms with van der Waals surface area (Å²) in [7, 11) is -2.16. The number of rotatable bonds is 6. The van der Waals surface area contributed by atoms with Crippen molar-refractivity contribution in [3.8, 4) is 0 Å². The predicted molar refractivity (Wildman–Crippen MR) is 118 cm³/mol. The third-order valence-electron chi connectivity index (χ3n) is 5.35. The van der Waals surface area contributed by atoms with E-state index < -0.39 is 10.0 Å². The highest BCUT2D eigenvalue weighted by molar-refractivity contribution is 7.91. The molecule has 1 aliphatic rings. The maximum atomic E-state index is 12.7. The van der Waals surface area contributed by atoms with E-state index in [0.717, 1.165) is 46.2 Å². The Hall–Kier alpha value is -2.33. The third kappa shape index (κ3) is 4.39. The van der Waals surface area contributed by atoms with Crippen molar-refractivity contribution in [2.75, 3.05) is 39.8 Å². The molecule has 0 radical (unpaired) electrons. The van der Waals surface area contributed by atoms with Crippen LogP contribution in [0.1, 0.15) is 5.56 Å². The average Bonchev–Trinajstić information content (AvgIpc) is 3.30. The van der Waals surface area contributed by atoms with E-state index in [1.165, 1.54) is 12.6 Å². The molecule has 0 N–H and O–H groups in total. The number of aromatic nitrogens is 1. The Morgan fingerprint density at radius 3 is 2.60 bits per heavy atom. The molecule has 3 heterocycles. The molecule has 1 aliphatic heterocycles. The zero-order chi connectivity index (χ0) is 21.1. The van der Waals surface area contributed by atoms with E-state index in [4.69, 9.17) is 0 Å². The van der Waals surface area contributed by atoms with Crippen molar-refractivity contribution >= 4 is 38.2 Å². The van der Waals surface area contributed by atoms with Gasteiger partial charge in [-0.05, 0) is 23.1 Å². The first kappa shape index (κ1) is 20.9. The van der Waals surface area contributed by atoms with Gasteiger partial charge in [-0.25, -0.2) is 8.42 Å². The van der Waals surface area contributed by atoms with Crippen LogP contribution in [0, 0.1) is 0 Å². The van der Waals surface area contributed by atoms with Crippen LogP contribution in [0.3, 0.4) is 0 Å². The molecule has 1 fully saturated rings. The Labute approximate surface area is 180 Å². The summed E-state index contributed by atoms with van der Waals surface area (Å²) in [5, 5.41) is 2.84. The Bertz CT molecular complexity index is 1120. The molecule has 7 nitrogen and oxygen atoms in total. The van der Waals surface area contributed by atoms with E-state index in [1.54, 1.807) is 22.4 Å². The number of benzene rings is 1. The number of piperazine rings is 1. The Morgan fingerprint density at radius 1 is 1.10 bits per heavy atom. The number of para-hydroxylation sites is 1. The summed E-state index contributed by atoms with van der Waals surface area (Å²) in [5.41, 5.74) is 2.19. The van der Waals surface area contributed by atoms with E-state index in [9.17, 15) is 13.2 Å². The minimum Gasteiger partial charge on any atom is -0.339 e. The maximum absolute atomic E-state index is 12.7. The Balaban J connectivity index is 1.33. The molecule has 30 heavy (non-hydrogen) atoms. The second-order valence-corrected chi connectivity index (χ2v) is 10.6. The lowest BCUT2D eigenvalue weighted by Gasteiger charge is -2.35. The topological polar surface area (TPSA) is 73.8 Å². The molecule has 0 unspecified atom stereocenters. The summed E-state index contributed by atoms with van der Waals surface area (Å²) in [4.78, 5) is 21.2. The molecule has 1 saturated heterocycles. The molecule has 0 atom stereocenters. The van der Waals surface area contributed by atoms with E-state index >= 15 is 0 Å². The van der Waals surface area contributed by atoms with Gasteiger partial charge in [-0.1, -0.05) is 30.3 Å². The fraction of sp³-hybridized carbons (Fsp3) is 0.333. The van der Waals surface area contributed by atoms with Crippen LogP contribution in [0.2, 0.25) is 0 Å². The number of hydrogen-bond acceptors (Lipinski definition) is 6. The second kappa shape index (κ2) is 8.81. The zero-order valence-corrected chi connectivity index (χ0v) is 18.4. The first-order chi connectivity index (χ1) is 14.4. The van der Waals surface area contributed by atoms with Gasteiger partial charge in [-0.15, -0.1) is 11.3 Å². The summed E-state index contributed by atoms with van der Waals surface area (Å²) in [6.07, 6.45) is 1.81. The van der Waals surface area contributed by atoms with Crippen molar-refractivity contribution in [2.24, 2.45) is 0 Å². The summed E-state index contributed by atoms with van der Waals surface area (Å²) in [6, 6.07) is 13.4. The largest absolute Gasteiger partial charge is 0.339 e. The molecule has 158 valence electrons. The van der Waals surface area contributed by atoms with Gasteiger partial charge in [-0.2, -0.15) is 4.31 Å². The Kier molecular flexibility index (Phi) is 6.14. The van der Waals surface area contributed by atoms with Crippen molar-refractivity contribution in [1.29, 1.82) is 0 Å². The highest BCUT2D eigenvalue weighted by Gasteiger charge is 2.27. The molecular formula is C21H24N4O3S2. The summed E-state index contributed by atoms with van der Waals surface area (Å²) >= 11 is 1.16. The highest BCUT2D eigenvalue weighted by atomic mass is 32.2. The zero-order valence-electron chi connectivity index (χ0n) is 16.8. The molecule has 2 aromatic heterocycles. The van der Waals surface area contributed by atoms with Crippen molar-refractivity contribution < 1.29 is 13.2 Å². The van der Waals surface area contributed by atoms with Gasteiger partial charge in [0.2, 0.25) is 5.91 Å². The standard InChI is InChI=1S/C21H24N4O3S2/c1-23(30(27,28)20-8-4-14-29-20)16-19(26)25-12-10-24(11-13-25)15-18-6-2-5-17-7-3-9-22-21(17)18/h2-9,14H,10-13,15-16H2,1H3. The van der Waals surface area contributed by atoms with Crippen LogP contribution in [0.5, 0.6) is 0 Å². The molecular weight excluding hydrogens is 420 g/mol. The van der Waals surface area contributed by atoms with Crippen molar-refractivity contribution in [3.05, 3.63) is 59.6 Å². The quantitative estimate of drug-likeness (QED) is 0.583. The number of pyridine rings is 1. The second-order valence-electron chi connectivity index (χ2n) is 7.34. The minimum absolute atomic E-state index is 0.145. The number of hydrogen-bond donors (Lipinski definition) is 0. The molecule has 3 aromatic rings. The highest BCUT2D eigenvalue weighted by Crippen LogP contribution is 2.21. The maximum Gasteiger partial charge on any atom is 0.252 e. The third-order valence-corrected chi connectivity index (χ3v) is 8.53.